The van der Waals surface area contributed by atoms with Gasteiger partial charge in [0, 0.05) is 12.7 Å². The number of fused-ring (bicyclic) bond motifs is 2. The maximum Gasteiger partial charge on any atom is 0.202 e. The largest absolute Gasteiger partial charge is 0.494 e. The summed E-state index contributed by atoms with van der Waals surface area (Å²) in [4.78, 5) is 12.4. The number of ketones is 1. The summed E-state index contributed by atoms with van der Waals surface area (Å²) >= 11 is 0. The minimum Gasteiger partial charge on any atom is -0.494 e. The number of rotatable bonds is 3. The molecule has 0 unspecified atom stereocenters. The monoisotopic (exact) mass is 294 g/mol. The van der Waals surface area contributed by atoms with Crippen LogP contribution in [0.5, 0.6) is 11.5 Å². The molecule has 2 atom stereocenters. The summed E-state index contributed by atoms with van der Waals surface area (Å²) in [6.07, 6.45) is 0.818. The van der Waals surface area contributed by atoms with Gasteiger partial charge in [-0.25, -0.2) is 4.39 Å². The lowest BCUT2D eigenvalue weighted by Crippen LogP contribution is -2.38. The molecule has 0 bridgehead atoms. The molecule has 2 aliphatic rings. The number of hydrogen-bond donors (Lipinski definition) is 0. The number of carbonyl (C=O) groups is 1. The summed E-state index contributed by atoms with van der Waals surface area (Å²) in [6.45, 7) is 2.35. The molecule has 0 aromatic heterocycles. The Morgan fingerprint density at radius 2 is 2.24 bits per heavy atom. The molecule has 0 N–H and O–H groups in total. The molecule has 0 aliphatic carbocycles. The Labute approximate surface area is 121 Å². The molecule has 5 nitrogen and oxygen atoms in total. The molecule has 0 saturated carbocycles. The van der Waals surface area contributed by atoms with Gasteiger partial charge in [0.2, 0.25) is 6.29 Å². The fourth-order valence-electron chi connectivity index (χ4n) is 2.46. The maximum absolute atomic E-state index is 13.7. The molecular formula is C15H15FO5. The highest BCUT2D eigenvalue weighted by Gasteiger charge is 2.38. The molecule has 0 fully saturated rings. The van der Waals surface area contributed by atoms with Crippen molar-refractivity contribution in [1.82, 2.24) is 0 Å². The topological polar surface area (TPSA) is 54.0 Å². The number of benzene rings is 1. The molecule has 0 amide bonds. The number of carbonyl (C=O) groups excluding carboxylic acids is 1. The second-order valence-corrected chi connectivity index (χ2v) is 4.75. The third-order valence-electron chi connectivity index (χ3n) is 3.48. The molecular weight excluding hydrogens is 279 g/mol. The summed E-state index contributed by atoms with van der Waals surface area (Å²) in [7, 11) is 1.34. The van der Waals surface area contributed by atoms with Gasteiger partial charge >= 0.3 is 0 Å². The quantitative estimate of drug-likeness (QED) is 0.857. The van der Waals surface area contributed by atoms with Crippen molar-refractivity contribution >= 4 is 5.78 Å². The van der Waals surface area contributed by atoms with E-state index in [1.165, 1.54) is 25.5 Å². The zero-order valence-electron chi connectivity index (χ0n) is 11.7. The van der Waals surface area contributed by atoms with Crippen LogP contribution in [0, 0.1) is 5.82 Å². The van der Waals surface area contributed by atoms with E-state index >= 15 is 0 Å². The summed E-state index contributed by atoms with van der Waals surface area (Å²) in [5.74, 6) is -0.578. The van der Waals surface area contributed by atoms with E-state index in [0.717, 1.165) is 0 Å². The minimum absolute atomic E-state index is 0.00803. The lowest BCUT2D eigenvalue weighted by molar-refractivity contribution is -0.127. The summed E-state index contributed by atoms with van der Waals surface area (Å²) in [5, 5.41) is 0. The highest BCUT2D eigenvalue weighted by molar-refractivity contribution is 6.12. The van der Waals surface area contributed by atoms with E-state index in [1.54, 1.807) is 0 Å². The molecule has 0 radical (unpaired) electrons. The molecule has 3 rings (SSSR count). The lowest BCUT2D eigenvalue weighted by atomic mass is 9.93. The number of ether oxygens (including phenoxy) is 4. The SMILES string of the molecule is CCO[C@@H]1C[C@@H]2Oc3cc(F)c(OC)cc3C(=O)C2=CO1. The van der Waals surface area contributed by atoms with Crippen LogP contribution in [0.3, 0.4) is 0 Å². The van der Waals surface area contributed by atoms with Crippen molar-refractivity contribution in [2.24, 2.45) is 0 Å². The molecule has 2 heterocycles. The van der Waals surface area contributed by atoms with Crippen LogP contribution >= 0.6 is 0 Å². The normalized spacial score (nSPS) is 23.4. The van der Waals surface area contributed by atoms with Crippen LogP contribution in [0.25, 0.3) is 0 Å². The maximum atomic E-state index is 13.7. The van der Waals surface area contributed by atoms with Crippen molar-refractivity contribution in [3.63, 3.8) is 0 Å². The second-order valence-electron chi connectivity index (χ2n) is 4.75. The Kier molecular flexibility index (Phi) is 3.55. The molecule has 112 valence electrons. The van der Waals surface area contributed by atoms with Gasteiger partial charge in [0.05, 0.1) is 30.9 Å². The zero-order chi connectivity index (χ0) is 15.0. The minimum atomic E-state index is -0.565. The Bertz CT molecular complexity index is 610. The van der Waals surface area contributed by atoms with Gasteiger partial charge in [-0.2, -0.15) is 0 Å². The van der Waals surface area contributed by atoms with Crippen LogP contribution in [-0.2, 0) is 9.47 Å². The average molecular weight is 294 g/mol. The number of Topliss-reactive ketones (excluding diaryl/α,β-unsaturated/α-hetero) is 1. The number of methoxy groups -OCH3 is 1. The summed E-state index contributed by atoms with van der Waals surface area (Å²) < 4.78 is 35.1. The Balaban J connectivity index is 1.95. The number of halogens is 1. The zero-order valence-corrected chi connectivity index (χ0v) is 11.7. The van der Waals surface area contributed by atoms with E-state index in [-0.39, 0.29) is 22.8 Å². The molecule has 0 saturated heterocycles. The fraction of sp³-hybridized carbons (Fsp3) is 0.400. The van der Waals surface area contributed by atoms with Crippen molar-refractivity contribution in [2.75, 3.05) is 13.7 Å². The van der Waals surface area contributed by atoms with Crippen molar-refractivity contribution < 1.29 is 28.1 Å². The Morgan fingerprint density at radius 1 is 1.43 bits per heavy atom. The van der Waals surface area contributed by atoms with Crippen LogP contribution in [0.1, 0.15) is 23.7 Å². The van der Waals surface area contributed by atoms with Gasteiger partial charge in [0.1, 0.15) is 11.9 Å². The first-order valence-electron chi connectivity index (χ1n) is 6.70. The first-order chi connectivity index (χ1) is 10.1. The van der Waals surface area contributed by atoms with E-state index in [0.29, 0.717) is 18.6 Å². The molecule has 1 aromatic carbocycles. The van der Waals surface area contributed by atoms with Gasteiger partial charge < -0.3 is 18.9 Å². The molecule has 6 heteroatoms. The number of hydrogen-bond acceptors (Lipinski definition) is 5. The Hall–Kier alpha value is -2.08. The average Bonchev–Trinajstić information content (AvgIpc) is 2.47. The van der Waals surface area contributed by atoms with Gasteiger partial charge in [-0.1, -0.05) is 0 Å². The van der Waals surface area contributed by atoms with Crippen LogP contribution in [-0.4, -0.2) is 31.9 Å². The van der Waals surface area contributed by atoms with Crippen LogP contribution < -0.4 is 9.47 Å². The van der Waals surface area contributed by atoms with E-state index in [2.05, 4.69) is 0 Å². The van der Waals surface area contributed by atoms with Gasteiger partial charge in [-0.05, 0) is 13.0 Å². The van der Waals surface area contributed by atoms with E-state index in [4.69, 9.17) is 18.9 Å². The predicted octanol–water partition coefficient (Wildman–Crippen LogP) is 2.44. The van der Waals surface area contributed by atoms with Gasteiger partial charge in [-0.3, -0.25) is 4.79 Å². The Morgan fingerprint density at radius 3 is 2.95 bits per heavy atom. The standard InChI is InChI=1S/C15H15FO5/c1-3-19-14-6-12-9(7-20-14)15(17)8-4-13(18-2)10(16)5-11(8)21-12/h4-5,7,12,14H,3,6H2,1-2H3/t12-,14-/m0/s1. The highest BCUT2D eigenvalue weighted by atomic mass is 19.1. The van der Waals surface area contributed by atoms with Gasteiger partial charge in [0.15, 0.2) is 17.3 Å². The predicted molar refractivity (Wildman–Crippen MR) is 70.9 cm³/mol. The fourth-order valence-corrected chi connectivity index (χ4v) is 2.46. The van der Waals surface area contributed by atoms with E-state index in [9.17, 15) is 9.18 Å². The third-order valence-corrected chi connectivity index (χ3v) is 3.48. The van der Waals surface area contributed by atoms with Crippen molar-refractivity contribution in [2.45, 2.75) is 25.7 Å². The van der Waals surface area contributed by atoms with E-state index in [1.807, 2.05) is 6.92 Å². The smallest absolute Gasteiger partial charge is 0.202 e. The van der Waals surface area contributed by atoms with Crippen molar-refractivity contribution in [1.29, 1.82) is 0 Å². The van der Waals surface area contributed by atoms with Crippen LogP contribution in [0.2, 0.25) is 0 Å². The summed E-state index contributed by atoms with van der Waals surface area (Å²) in [5.41, 5.74) is 0.682. The van der Waals surface area contributed by atoms with Crippen LogP contribution in [0.15, 0.2) is 24.0 Å². The molecule has 0 spiro atoms. The molecule has 2 aliphatic heterocycles. The first-order valence-corrected chi connectivity index (χ1v) is 6.70. The van der Waals surface area contributed by atoms with Crippen molar-refractivity contribution in [3.8, 4) is 11.5 Å². The van der Waals surface area contributed by atoms with Gasteiger partial charge in [0.25, 0.3) is 0 Å². The van der Waals surface area contributed by atoms with Gasteiger partial charge in [-0.15, -0.1) is 0 Å². The highest BCUT2D eigenvalue weighted by Crippen LogP contribution is 2.38. The lowest BCUT2D eigenvalue weighted by Gasteiger charge is -2.33. The summed E-state index contributed by atoms with van der Waals surface area (Å²) in [6, 6.07) is 2.52. The van der Waals surface area contributed by atoms with Crippen LogP contribution in [0.4, 0.5) is 4.39 Å². The molecule has 1 aromatic rings. The van der Waals surface area contributed by atoms with E-state index < -0.39 is 18.2 Å². The first kappa shape index (κ1) is 13.9. The van der Waals surface area contributed by atoms with Crippen molar-refractivity contribution in [3.05, 3.63) is 35.3 Å². The molecule has 21 heavy (non-hydrogen) atoms. The second kappa shape index (κ2) is 5.37. The third kappa shape index (κ3) is 2.35.